The fraction of sp³-hybridized carbons (Fsp3) is 0.750. The molecule has 1 aliphatic carbocycles. The molecule has 2 unspecified atom stereocenters. The molecule has 0 saturated heterocycles. The van der Waals surface area contributed by atoms with E-state index in [1.165, 1.54) is 0 Å². The summed E-state index contributed by atoms with van der Waals surface area (Å²) in [6, 6.07) is 0. The van der Waals surface area contributed by atoms with Crippen molar-refractivity contribution in [2.24, 2.45) is 0 Å². The molecule has 0 aliphatic heterocycles. The van der Waals surface area contributed by atoms with Gasteiger partial charge in [-0.25, -0.2) is 0 Å². The van der Waals surface area contributed by atoms with E-state index in [2.05, 4.69) is 0 Å². The van der Waals surface area contributed by atoms with Crippen molar-refractivity contribution in [1.29, 1.82) is 0 Å². The SMILES string of the molecule is CC1=CC(OP(=O)(O)C(Cl)(Cl)P(=O)(O)O)CCC1. The van der Waals surface area contributed by atoms with Gasteiger partial charge in [-0.3, -0.25) is 13.7 Å². The third-order valence-electron chi connectivity index (χ3n) is 2.50. The summed E-state index contributed by atoms with van der Waals surface area (Å²) in [5.74, 6) is 0. The second-order valence-corrected chi connectivity index (χ2v) is 10.5. The number of hydrogen-bond acceptors (Lipinski definition) is 3. The van der Waals surface area contributed by atoms with Crippen LogP contribution in [0.15, 0.2) is 11.6 Å². The van der Waals surface area contributed by atoms with Gasteiger partial charge in [0.05, 0.1) is 6.10 Å². The molecule has 1 aliphatic rings. The molecular weight excluding hydrogens is 325 g/mol. The average Bonchev–Trinajstić information content (AvgIpc) is 2.14. The molecule has 106 valence electrons. The van der Waals surface area contributed by atoms with Gasteiger partial charge in [0.15, 0.2) is 0 Å². The van der Waals surface area contributed by atoms with Crippen LogP contribution in [0.1, 0.15) is 26.2 Å². The Balaban J connectivity index is 2.92. The predicted molar refractivity (Wildman–Crippen MR) is 68.8 cm³/mol. The van der Waals surface area contributed by atoms with E-state index in [1.807, 2.05) is 6.92 Å². The summed E-state index contributed by atoms with van der Waals surface area (Å²) in [6.45, 7) is 1.83. The molecule has 0 aromatic heterocycles. The van der Waals surface area contributed by atoms with E-state index in [0.717, 1.165) is 18.4 Å². The topological polar surface area (TPSA) is 104 Å². The lowest BCUT2D eigenvalue weighted by Crippen LogP contribution is -2.21. The first-order valence-electron chi connectivity index (χ1n) is 5.09. The molecule has 0 fully saturated rings. The van der Waals surface area contributed by atoms with Crippen LogP contribution >= 0.6 is 38.4 Å². The molecule has 0 spiro atoms. The summed E-state index contributed by atoms with van der Waals surface area (Å²) >= 11 is 10.6. The lowest BCUT2D eigenvalue weighted by Gasteiger charge is -2.29. The highest BCUT2D eigenvalue weighted by molar-refractivity contribution is 7.78. The lowest BCUT2D eigenvalue weighted by molar-refractivity contribution is 0.192. The number of halogens is 2. The molecule has 2 atom stereocenters. The number of rotatable bonds is 4. The molecule has 0 saturated carbocycles. The second-order valence-electron chi connectivity index (χ2n) is 4.12. The van der Waals surface area contributed by atoms with E-state index in [4.69, 9.17) is 37.5 Å². The minimum absolute atomic E-state index is 0.465. The van der Waals surface area contributed by atoms with Crippen LogP contribution in [0.3, 0.4) is 0 Å². The van der Waals surface area contributed by atoms with Gasteiger partial charge in [-0.1, -0.05) is 34.9 Å². The van der Waals surface area contributed by atoms with Crippen LogP contribution in [-0.4, -0.2) is 24.6 Å². The molecule has 0 amide bonds. The smallest absolute Gasteiger partial charge is 0.322 e. The molecule has 0 radical (unpaired) electrons. The van der Waals surface area contributed by atoms with E-state index < -0.39 is 25.1 Å². The highest BCUT2D eigenvalue weighted by Crippen LogP contribution is 2.76. The van der Waals surface area contributed by atoms with Crippen LogP contribution in [0.2, 0.25) is 0 Å². The number of alkyl halides is 2. The molecule has 3 N–H and O–H groups in total. The van der Waals surface area contributed by atoms with Crippen molar-refractivity contribution >= 4 is 38.4 Å². The molecule has 1 rings (SSSR count). The standard InChI is InChI=1S/C8H14Cl2O6P2/c1-6-3-2-4-7(5-6)16-18(14,15)8(9,10)17(11,12)13/h5,7H,2-4H2,1H3,(H,14,15)(H2,11,12,13). The highest BCUT2D eigenvalue weighted by Gasteiger charge is 2.60. The molecular formula is C8H14Cl2O6P2. The maximum absolute atomic E-state index is 11.8. The Morgan fingerprint density at radius 3 is 2.39 bits per heavy atom. The van der Waals surface area contributed by atoms with Gasteiger partial charge in [0.1, 0.15) is 0 Å². The first-order valence-corrected chi connectivity index (χ1v) is 9.04. The van der Waals surface area contributed by atoms with Crippen molar-refractivity contribution in [3.05, 3.63) is 11.6 Å². The van der Waals surface area contributed by atoms with Crippen LogP contribution < -0.4 is 0 Å². The van der Waals surface area contributed by atoms with E-state index in [0.29, 0.717) is 6.42 Å². The van der Waals surface area contributed by atoms with E-state index >= 15 is 0 Å². The highest BCUT2D eigenvalue weighted by atomic mass is 35.5. The summed E-state index contributed by atoms with van der Waals surface area (Å²) in [4.78, 5) is 27.3. The Kier molecular flexibility index (Phi) is 5.14. The van der Waals surface area contributed by atoms with Crippen LogP contribution in [0, 0.1) is 0 Å². The Bertz CT molecular complexity index is 443. The van der Waals surface area contributed by atoms with Crippen molar-refractivity contribution < 1.29 is 28.3 Å². The van der Waals surface area contributed by atoms with Gasteiger partial charge < -0.3 is 14.7 Å². The van der Waals surface area contributed by atoms with Gasteiger partial charge in [-0.2, -0.15) is 0 Å². The minimum Gasteiger partial charge on any atom is -0.322 e. The molecule has 6 nitrogen and oxygen atoms in total. The fourth-order valence-electron chi connectivity index (χ4n) is 1.56. The molecule has 0 bridgehead atoms. The van der Waals surface area contributed by atoms with Crippen molar-refractivity contribution in [1.82, 2.24) is 0 Å². The number of allylic oxidation sites excluding steroid dienone is 1. The third-order valence-corrected chi connectivity index (χ3v) is 8.58. The van der Waals surface area contributed by atoms with Crippen molar-refractivity contribution in [2.45, 2.75) is 36.1 Å². The van der Waals surface area contributed by atoms with Gasteiger partial charge in [0.2, 0.25) is 0 Å². The van der Waals surface area contributed by atoms with E-state index in [9.17, 15) is 14.0 Å². The predicted octanol–water partition coefficient (Wildman–Crippen LogP) is 2.95. The zero-order valence-corrected chi connectivity index (χ0v) is 12.8. The Morgan fingerprint density at radius 1 is 1.39 bits per heavy atom. The number of hydrogen-bond donors (Lipinski definition) is 3. The fourth-order valence-corrected chi connectivity index (χ4v) is 3.92. The third kappa shape index (κ3) is 3.59. The maximum atomic E-state index is 11.8. The Morgan fingerprint density at radius 2 is 1.94 bits per heavy atom. The van der Waals surface area contributed by atoms with Gasteiger partial charge in [0, 0.05) is 0 Å². The zero-order valence-electron chi connectivity index (χ0n) is 9.49. The van der Waals surface area contributed by atoms with Crippen molar-refractivity contribution in [3.63, 3.8) is 0 Å². The normalized spacial score (nSPS) is 25.4. The quantitative estimate of drug-likeness (QED) is 0.413. The summed E-state index contributed by atoms with van der Waals surface area (Å²) in [7, 11) is -10.1. The summed E-state index contributed by atoms with van der Waals surface area (Å²) in [5, 5.41) is 0. The molecule has 0 aromatic carbocycles. The molecule has 10 heteroatoms. The summed E-state index contributed by atoms with van der Waals surface area (Å²) < 4.78 is 24.5. The van der Waals surface area contributed by atoms with Crippen LogP contribution in [0.25, 0.3) is 0 Å². The molecule has 0 heterocycles. The first kappa shape index (κ1) is 16.7. The Hall–Kier alpha value is 0.620. The second kappa shape index (κ2) is 5.55. The van der Waals surface area contributed by atoms with Gasteiger partial charge >= 0.3 is 19.0 Å². The van der Waals surface area contributed by atoms with Crippen molar-refractivity contribution in [2.75, 3.05) is 0 Å². The van der Waals surface area contributed by atoms with Crippen LogP contribution in [0.5, 0.6) is 0 Å². The van der Waals surface area contributed by atoms with Crippen LogP contribution in [-0.2, 0) is 13.7 Å². The lowest BCUT2D eigenvalue weighted by atomic mass is 9.99. The average molecular weight is 339 g/mol. The van der Waals surface area contributed by atoms with Crippen molar-refractivity contribution in [3.8, 4) is 0 Å². The van der Waals surface area contributed by atoms with Gasteiger partial charge in [-0.05, 0) is 26.2 Å². The summed E-state index contributed by atoms with van der Waals surface area (Å²) in [5.41, 5.74) is 0.970. The van der Waals surface area contributed by atoms with E-state index in [-0.39, 0.29) is 0 Å². The maximum Gasteiger partial charge on any atom is 0.377 e. The zero-order chi connectivity index (χ0) is 14.2. The minimum atomic E-state index is -5.20. The molecule has 18 heavy (non-hydrogen) atoms. The largest absolute Gasteiger partial charge is 0.377 e. The van der Waals surface area contributed by atoms with Gasteiger partial charge in [-0.15, -0.1) is 0 Å². The first-order chi connectivity index (χ1) is 7.97. The van der Waals surface area contributed by atoms with E-state index in [1.54, 1.807) is 6.08 Å². The Labute approximate surface area is 115 Å². The van der Waals surface area contributed by atoms with Crippen LogP contribution in [0.4, 0.5) is 0 Å². The van der Waals surface area contributed by atoms with Gasteiger partial charge in [0.25, 0.3) is 0 Å². The molecule has 0 aromatic rings. The summed E-state index contributed by atoms with van der Waals surface area (Å²) in [6.07, 6.45) is 2.96. The monoisotopic (exact) mass is 338 g/mol.